The molecule has 0 spiro atoms. The molecule has 0 aliphatic heterocycles. The summed E-state index contributed by atoms with van der Waals surface area (Å²) in [6.07, 6.45) is 1.78. The quantitative estimate of drug-likeness (QED) is 0.851. The molecule has 2 rings (SSSR count). The van der Waals surface area contributed by atoms with E-state index in [1.807, 2.05) is 13.0 Å². The highest BCUT2D eigenvalue weighted by Gasteiger charge is 2.18. The fourth-order valence-corrected chi connectivity index (χ4v) is 2.60. The van der Waals surface area contributed by atoms with Gasteiger partial charge in [-0.1, -0.05) is 0 Å². The van der Waals surface area contributed by atoms with Crippen LogP contribution >= 0.6 is 0 Å². The van der Waals surface area contributed by atoms with Gasteiger partial charge in [-0.25, -0.2) is 17.4 Å². The lowest BCUT2D eigenvalue weighted by Gasteiger charge is -2.13. The predicted octanol–water partition coefficient (Wildman–Crippen LogP) is 1.01. The van der Waals surface area contributed by atoms with Gasteiger partial charge < -0.3 is 5.73 Å². The van der Waals surface area contributed by atoms with Crippen LogP contribution < -0.4 is 5.73 Å². The van der Waals surface area contributed by atoms with Gasteiger partial charge in [-0.15, -0.1) is 0 Å². The van der Waals surface area contributed by atoms with Gasteiger partial charge in [0, 0.05) is 20.3 Å². The van der Waals surface area contributed by atoms with Crippen LogP contribution in [0.4, 0.5) is 5.69 Å². The van der Waals surface area contributed by atoms with Crippen LogP contribution in [0.3, 0.4) is 0 Å². The molecule has 0 saturated carbocycles. The Morgan fingerprint density at radius 3 is 2.42 bits per heavy atom. The third-order valence-corrected chi connectivity index (χ3v) is 4.56. The number of nitrogens with zero attached hydrogens (tertiary/aromatic N) is 3. The molecule has 7 heteroatoms. The van der Waals surface area contributed by atoms with E-state index in [4.69, 9.17) is 5.73 Å². The Kier molecular flexibility index (Phi) is 3.34. The summed E-state index contributed by atoms with van der Waals surface area (Å²) in [4.78, 5) is 0.169. The van der Waals surface area contributed by atoms with E-state index in [2.05, 4.69) is 5.10 Å². The summed E-state index contributed by atoms with van der Waals surface area (Å²) in [5.74, 6) is 0. The lowest BCUT2D eigenvalue weighted by molar-refractivity contribution is 0.521. The van der Waals surface area contributed by atoms with Gasteiger partial charge in [-0.2, -0.15) is 5.10 Å². The standard InChI is InChI=1S/C12H16N4O2S/c1-9-6-7-16(14-9)12-5-4-10(8-11(12)13)19(17,18)15(2)3/h4-8H,13H2,1-3H3. The first-order valence-electron chi connectivity index (χ1n) is 5.67. The van der Waals surface area contributed by atoms with Crippen molar-refractivity contribution in [2.45, 2.75) is 11.8 Å². The summed E-state index contributed by atoms with van der Waals surface area (Å²) < 4.78 is 26.7. The number of benzene rings is 1. The Labute approximate surface area is 112 Å². The molecule has 1 aromatic heterocycles. The Morgan fingerprint density at radius 2 is 1.95 bits per heavy atom. The van der Waals surface area contributed by atoms with Gasteiger partial charge in [0.2, 0.25) is 10.0 Å². The van der Waals surface area contributed by atoms with E-state index in [-0.39, 0.29) is 4.90 Å². The molecule has 102 valence electrons. The first-order valence-corrected chi connectivity index (χ1v) is 7.11. The fraction of sp³-hybridized carbons (Fsp3) is 0.250. The number of nitrogen functional groups attached to an aromatic ring is 1. The number of nitrogens with two attached hydrogens (primary N) is 1. The van der Waals surface area contributed by atoms with Crippen LogP contribution in [0.5, 0.6) is 0 Å². The van der Waals surface area contributed by atoms with Crippen molar-refractivity contribution < 1.29 is 8.42 Å². The Bertz CT molecular complexity index is 704. The number of hydrogen-bond donors (Lipinski definition) is 1. The van der Waals surface area contributed by atoms with Crippen molar-refractivity contribution in [2.24, 2.45) is 0 Å². The van der Waals surface area contributed by atoms with Gasteiger partial charge in [-0.3, -0.25) is 0 Å². The van der Waals surface area contributed by atoms with Gasteiger partial charge in [0.1, 0.15) is 0 Å². The maximum absolute atomic E-state index is 12.0. The normalized spacial score (nSPS) is 12.0. The summed E-state index contributed by atoms with van der Waals surface area (Å²) in [5, 5.41) is 4.25. The van der Waals surface area contributed by atoms with E-state index in [1.54, 1.807) is 16.9 Å². The van der Waals surface area contributed by atoms with Gasteiger partial charge in [-0.05, 0) is 31.2 Å². The van der Waals surface area contributed by atoms with E-state index >= 15 is 0 Å². The van der Waals surface area contributed by atoms with Crippen molar-refractivity contribution in [3.8, 4) is 5.69 Å². The van der Waals surface area contributed by atoms with Crippen molar-refractivity contribution in [3.63, 3.8) is 0 Å². The van der Waals surface area contributed by atoms with Gasteiger partial charge in [0.25, 0.3) is 0 Å². The second-order valence-corrected chi connectivity index (χ2v) is 6.56. The average Bonchev–Trinajstić information content (AvgIpc) is 2.75. The summed E-state index contributed by atoms with van der Waals surface area (Å²) in [6.45, 7) is 1.87. The molecule has 6 nitrogen and oxygen atoms in total. The Morgan fingerprint density at radius 1 is 1.26 bits per heavy atom. The molecule has 0 atom stereocenters. The first kappa shape index (κ1) is 13.6. The SMILES string of the molecule is Cc1ccn(-c2ccc(S(=O)(=O)N(C)C)cc2N)n1. The fourth-order valence-electron chi connectivity index (χ4n) is 1.66. The van der Waals surface area contributed by atoms with E-state index in [0.717, 1.165) is 10.00 Å². The van der Waals surface area contributed by atoms with E-state index in [1.165, 1.54) is 26.2 Å². The van der Waals surface area contributed by atoms with Gasteiger partial charge in [0.05, 0.1) is 22.0 Å². The predicted molar refractivity (Wildman–Crippen MR) is 73.6 cm³/mol. The minimum atomic E-state index is -3.47. The summed E-state index contributed by atoms with van der Waals surface area (Å²) in [6, 6.07) is 6.47. The largest absolute Gasteiger partial charge is 0.397 e. The minimum Gasteiger partial charge on any atom is -0.397 e. The molecule has 0 aliphatic carbocycles. The second-order valence-electron chi connectivity index (χ2n) is 4.41. The molecule has 1 heterocycles. The molecule has 0 amide bonds. The molecule has 0 fully saturated rings. The van der Waals surface area contributed by atoms with Crippen molar-refractivity contribution >= 4 is 15.7 Å². The molecule has 0 aliphatic rings. The number of hydrogen-bond acceptors (Lipinski definition) is 4. The van der Waals surface area contributed by atoms with Crippen LogP contribution in [0.25, 0.3) is 5.69 Å². The number of rotatable bonds is 3. The maximum atomic E-state index is 12.0. The lowest BCUT2D eigenvalue weighted by Crippen LogP contribution is -2.22. The topological polar surface area (TPSA) is 81.2 Å². The number of sulfonamides is 1. The molecule has 0 bridgehead atoms. The van der Waals surface area contributed by atoms with Gasteiger partial charge >= 0.3 is 0 Å². The zero-order chi connectivity index (χ0) is 14.2. The highest BCUT2D eigenvalue weighted by Crippen LogP contribution is 2.22. The maximum Gasteiger partial charge on any atom is 0.242 e. The van der Waals surface area contributed by atoms with E-state index < -0.39 is 10.0 Å². The van der Waals surface area contributed by atoms with Crippen LogP contribution in [0.1, 0.15) is 5.69 Å². The molecule has 0 saturated heterocycles. The smallest absolute Gasteiger partial charge is 0.242 e. The van der Waals surface area contributed by atoms with Crippen molar-refractivity contribution in [1.29, 1.82) is 0 Å². The van der Waals surface area contributed by atoms with Crippen LogP contribution in [0.2, 0.25) is 0 Å². The number of aromatic nitrogens is 2. The molecular formula is C12H16N4O2S. The van der Waals surface area contributed by atoms with Gasteiger partial charge in [0.15, 0.2) is 0 Å². The lowest BCUT2D eigenvalue weighted by atomic mass is 10.3. The molecule has 0 radical (unpaired) electrons. The Hall–Kier alpha value is -1.86. The number of anilines is 1. The van der Waals surface area contributed by atoms with Crippen LogP contribution in [-0.4, -0.2) is 36.6 Å². The van der Waals surface area contributed by atoms with E-state index in [9.17, 15) is 8.42 Å². The van der Waals surface area contributed by atoms with Crippen LogP contribution in [0.15, 0.2) is 35.4 Å². The third kappa shape index (κ3) is 2.47. The monoisotopic (exact) mass is 280 g/mol. The zero-order valence-electron chi connectivity index (χ0n) is 11.0. The average molecular weight is 280 g/mol. The highest BCUT2D eigenvalue weighted by molar-refractivity contribution is 7.89. The summed E-state index contributed by atoms with van der Waals surface area (Å²) in [5.41, 5.74) is 7.81. The van der Waals surface area contributed by atoms with Crippen molar-refractivity contribution in [3.05, 3.63) is 36.2 Å². The molecule has 19 heavy (non-hydrogen) atoms. The highest BCUT2D eigenvalue weighted by atomic mass is 32.2. The number of aryl methyl sites for hydroxylation is 1. The molecule has 2 aromatic rings. The van der Waals surface area contributed by atoms with E-state index in [0.29, 0.717) is 11.4 Å². The zero-order valence-corrected chi connectivity index (χ0v) is 11.8. The van der Waals surface area contributed by atoms with Crippen LogP contribution in [-0.2, 0) is 10.0 Å². The third-order valence-electron chi connectivity index (χ3n) is 2.75. The Balaban J connectivity index is 2.49. The molecule has 2 N–H and O–H groups in total. The first-order chi connectivity index (χ1) is 8.82. The van der Waals surface area contributed by atoms with Crippen LogP contribution in [0, 0.1) is 6.92 Å². The molecular weight excluding hydrogens is 264 g/mol. The summed E-state index contributed by atoms with van der Waals surface area (Å²) >= 11 is 0. The molecule has 1 aromatic carbocycles. The van der Waals surface area contributed by atoms with Crippen molar-refractivity contribution in [2.75, 3.05) is 19.8 Å². The molecule has 0 unspecified atom stereocenters. The minimum absolute atomic E-state index is 0.169. The summed E-state index contributed by atoms with van der Waals surface area (Å²) in [7, 11) is -0.505. The van der Waals surface area contributed by atoms with Crippen molar-refractivity contribution in [1.82, 2.24) is 14.1 Å². The second kappa shape index (κ2) is 4.67.